The maximum Gasteiger partial charge on any atom is 0.153 e. The van der Waals surface area contributed by atoms with Gasteiger partial charge in [-0.2, -0.15) is 0 Å². The molecular weight excluding hydrogens is 124 g/mol. The van der Waals surface area contributed by atoms with Gasteiger partial charge in [-0.15, -0.1) is 11.6 Å². The summed E-state index contributed by atoms with van der Waals surface area (Å²) in [7, 11) is 0. The topological polar surface area (TPSA) is 17.1 Å². The van der Waals surface area contributed by atoms with Gasteiger partial charge >= 0.3 is 0 Å². The first kappa shape index (κ1) is 6.09. The summed E-state index contributed by atoms with van der Waals surface area (Å²) in [4.78, 5) is 10.8. The number of alkyl halides is 1. The lowest BCUT2D eigenvalue weighted by molar-refractivity contribution is -0.119. The molecule has 46 valence electrons. The third-order valence-electron chi connectivity index (χ3n) is 1.65. The molecule has 1 fully saturated rings. The van der Waals surface area contributed by atoms with Gasteiger partial charge in [-0.3, -0.25) is 4.79 Å². The van der Waals surface area contributed by atoms with Crippen molar-refractivity contribution in [3.05, 3.63) is 0 Å². The quantitative estimate of drug-likeness (QED) is 0.458. The van der Waals surface area contributed by atoms with Crippen molar-refractivity contribution in [1.82, 2.24) is 0 Å². The molecular formula is C6H9ClO. The molecule has 1 aliphatic carbocycles. The largest absolute Gasteiger partial charge is 0.298 e. The van der Waals surface area contributed by atoms with Crippen LogP contribution in [0.4, 0.5) is 0 Å². The third kappa shape index (κ3) is 0.873. The number of rotatable bonds is 0. The second-order valence-corrected chi connectivity index (χ2v) is 2.88. The van der Waals surface area contributed by atoms with E-state index in [0.29, 0.717) is 0 Å². The molecule has 0 bridgehead atoms. The van der Waals surface area contributed by atoms with Crippen LogP contribution in [-0.4, -0.2) is 11.2 Å². The van der Waals surface area contributed by atoms with Crippen molar-refractivity contribution in [1.29, 1.82) is 0 Å². The first-order valence-electron chi connectivity index (χ1n) is 2.89. The molecule has 8 heavy (non-hydrogen) atoms. The van der Waals surface area contributed by atoms with Gasteiger partial charge in [0.1, 0.15) is 0 Å². The number of hydrogen-bond donors (Lipinski definition) is 0. The second kappa shape index (κ2) is 2.06. The van der Waals surface area contributed by atoms with Crippen LogP contribution in [0.5, 0.6) is 0 Å². The highest BCUT2D eigenvalue weighted by molar-refractivity contribution is 6.32. The van der Waals surface area contributed by atoms with Gasteiger partial charge in [0.2, 0.25) is 0 Å². The molecule has 1 rings (SSSR count). The predicted octanol–water partition coefficient (Wildman–Crippen LogP) is 1.59. The predicted molar refractivity (Wildman–Crippen MR) is 33.0 cm³/mol. The number of hydrogen-bond acceptors (Lipinski definition) is 1. The van der Waals surface area contributed by atoms with Gasteiger partial charge in [-0.25, -0.2) is 0 Å². The lowest BCUT2D eigenvalue weighted by Gasteiger charge is -1.94. The number of carbonyl (C=O) groups excluding carboxylic acids is 1. The molecule has 0 spiro atoms. The fourth-order valence-electron chi connectivity index (χ4n) is 0.990. The van der Waals surface area contributed by atoms with Gasteiger partial charge in [0, 0.05) is 5.92 Å². The van der Waals surface area contributed by atoms with Crippen LogP contribution in [0.15, 0.2) is 0 Å². The fraction of sp³-hybridized carbons (Fsp3) is 0.833. The Hall–Kier alpha value is -0.0400. The smallest absolute Gasteiger partial charge is 0.153 e. The minimum Gasteiger partial charge on any atom is -0.298 e. The van der Waals surface area contributed by atoms with E-state index in [1.807, 2.05) is 6.92 Å². The Morgan fingerprint density at radius 3 is 2.38 bits per heavy atom. The molecule has 0 amide bonds. The van der Waals surface area contributed by atoms with Gasteiger partial charge in [0.15, 0.2) is 5.78 Å². The third-order valence-corrected chi connectivity index (χ3v) is 2.08. The standard InChI is InChI=1S/C6H9ClO/c1-4-2-3-5(7)6(4)8/h4-5H,2-3H2,1H3. The SMILES string of the molecule is CC1CCC(Cl)C1=O. The highest BCUT2D eigenvalue weighted by atomic mass is 35.5. The monoisotopic (exact) mass is 132 g/mol. The van der Waals surface area contributed by atoms with Crippen LogP contribution < -0.4 is 0 Å². The zero-order chi connectivity index (χ0) is 6.15. The van der Waals surface area contributed by atoms with Gasteiger partial charge < -0.3 is 0 Å². The molecule has 0 aromatic heterocycles. The fourth-order valence-corrected chi connectivity index (χ4v) is 1.33. The van der Waals surface area contributed by atoms with Crippen LogP contribution >= 0.6 is 11.6 Å². The molecule has 0 aromatic rings. The Labute approximate surface area is 54.0 Å². The average molecular weight is 133 g/mol. The number of carbonyl (C=O) groups is 1. The second-order valence-electron chi connectivity index (χ2n) is 2.35. The van der Waals surface area contributed by atoms with Crippen LogP contribution in [0, 0.1) is 5.92 Å². The highest BCUT2D eigenvalue weighted by Gasteiger charge is 2.28. The van der Waals surface area contributed by atoms with E-state index in [4.69, 9.17) is 11.6 Å². The first-order chi connectivity index (χ1) is 3.72. The average Bonchev–Trinajstić information content (AvgIpc) is 1.98. The molecule has 1 nitrogen and oxygen atoms in total. The molecule has 2 unspecified atom stereocenters. The van der Waals surface area contributed by atoms with Crippen molar-refractivity contribution < 1.29 is 4.79 Å². The van der Waals surface area contributed by atoms with Gasteiger partial charge in [-0.05, 0) is 12.8 Å². The Morgan fingerprint density at radius 1 is 1.62 bits per heavy atom. The Balaban J connectivity index is 2.57. The van der Waals surface area contributed by atoms with Gasteiger partial charge in [0.25, 0.3) is 0 Å². The molecule has 0 aliphatic heterocycles. The van der Waals surface area contributed by atoms with Crippen LogP contribution in [0.3, 0.4) is 0 Å². The van der Waals surface area contributed by atoms with E-state index in [9.17, 15) is 4.79 Å². The van der Waals surface area contributed by atoms with Crippen LogP contribution in [0.2, 0.25) is 0 Å². The summed E-state index contributed by atoms with van der Waals surface area (Å²) >= 11 is 5.61. The van der Waals surface area contributed by atoms with Crippen molar-refractivity contribution in [2.45, 2.75) is 25.1 Å². The Morgan fingerprint density at radius 2 is 2.25 bits per heavy atom. The van der Waals surface area contributed by atoms with Crippen LogP contribution in [0.1, 0.15) is 19.8 Å². The summed E-state index contributed by atoms with van der Waals surface area (Å²) in [5, 5.41) is -0.176. The molecule has 2 heteroatoms. The number of ketones is 1. The van der Waals surface area contributed by atoms with Crippen molar-refractivity contribution in [3.8, 4) is 0 Å². The number of Topliss-reactive ketones (excluding diaryl/α,β-unsaturated/α-hetero) is 1. The molecule has 0 heterocycles. The molecule has 2 atom stereocenters. The summed E-state index contributed by atoms with van der Waals surface area (Å²) < 4.78 is 0. The van der Waals surface area contributed by atoms with Crippen LogP contribution in [-0.2, 0) is 4.79 Å². The lowest BCUT2D eigenvalue weighted by atomic mass is 10.1. The van der Waals surface area contributed by atoms with Gasteiger partial charge in [-0.1, -0.05) is 6.92 Å². The van der Waals surface area contributed by atoms with E-state index in [1.165, 1.54) is 0 Å². The maximum atomic E-state index is 10.8. The van der Waals surface area contributed by atoms with Gasteiger partial charge in [0.05, 0.1) is 5.38 Å². The minimum atomic E-state index is -0.176. The zero-order valence-corrected chi connectivity index (χ0v) is 5.61. The van der Waals surface area contributed by atoms with E-state index in [-0.39, 0.29) is 17.1 Å². The molecule has 0 aromatic carbocycles. The Kier molecular flexibility index (Phi) is 1.57. The minimum absolute atomic E-state index is 0.176. The molecule has 1 saturated carbocycles. The van der Waals surface area contributed by atoms with E-state index in [0.717, 1.165) is 12.8 Å². The molecule has 0 N–H and O–H groups in total. The summed E-state index contributed by atoms with van der Waals surface area (Å²) in [5.41, 5.74) is 0. The van der Waals surface area contributed by atoms with Crippen molar-refractivity contribution in [2.24, 2.45) is 5.92 Å². The van der Waals surface area contributed by atoms with E-state index < -0.39 is 0 Å². The zero-order valence-electron chi connectivity index (χ0n) is 4.86. The van der Waals surface area contributed by atoms with Crippen molar-refractivity contribution in [3.63, 3.8) is 0 Å². The molecule has 1 aliphatic rings. The normalized spacial score (nSPS) is 38.5. The molecule has 0 saturated heterocycles. The maximum absolute atomic E-state index is 10.8. The van der Waals surface area contributed by atoms with E-state index >= 15 is 0 Å². The van der Waals surface area contributed by atoms with E-state index in [1.54, 1.807) is 0 Å². The first-order valence-corrected chi connectivity index (χ1v) is 3.33. The Bertz CT molecular complexity index is 99.1. The van der Waals surface area contributed by atoms with E-state index in [2.05, 4.69) is 0 Å². The lowest BCUT2D eigenvalue weighted by Crippen LogP contribution is -2.10. The molecule has 0 radical (unpaired) electrons. The van der Waals surface area contributed by atoms with Crippen molar-refractivity contribution in [2.75, 3.05) is 0 Å². The van der Waals surface area contributed by atoms with Crippen LogP contribution in [0.25, 0.3) is 0 Å². The summed E-state index contributed by atoms with van der Waals surface area (Å²) in [6.45, 7) is 1.94. The summed E-state index contributed by atoms with van der Waals surface area (Å²) in [6, 6.07) is 0. The summed E-state index contributed by atoms with van der Waals surface area (Å²) in [6.07, 6.45) is 1.86. The number of halogens is 1. The van der Waals surface area contributed by atoms with Crippen molar-refractivity contribution >= 4 is 17.4 Å². The highest BCUT2D eigenvalue weighted by Crippen LogP contribution is 2.24. The summed E-state index contributed by atoms with van der Waals surface area (Å²) in [5.74, 6) is 0.448.